The Morgan fingerprint density at radius 3 is 2.73 bits per heavy atom. The SMILES string of the molecule is Cc1nc(C(=O)NC[C@H](O)C(=O)O)no1. The van der Waals surface area contributed by atoms with Crippen molar-refractivity contribution in [2.45, 2.75) is 13.0 Å². The number of rotatable bonds is 4. The molecule has 0 saturated carbocycles. The number of nitrogens with one attached hydrogen (secondary N) is 1. The second-order valence-corrected chi connectivity index (χ2v) is 2.70. The Morgan fingerprint density at radius 1 is 1.60 bits per heavy atom. The van der Waals surface area contributed by atoms with Crippen LogP contribution in [0.15, 0.2) is 4.52 Å². The van der Waals surface area contributed by atoms with E-state index in [9.17, 15) is 9.59 Å². The first-order chi connectivity index (χ1) is 7.00. The number of aliphatic carboxylic acids is 1. The predicted molar refractivity (Wildman–Crippen MR) is 45.0 cm³/mol. The first kappa shape index (κ1) is 11.1. The lowest BCUT2D eigenvalue weighted by Crippen LogP contribution is -2.36. The van der Waals surface area contributed by atoms with Crippen molar-refractivity contribution in [1.82, 2.24) is 15.5 Å². The molecule has 8 heteroatoms. The van der Waals surface area contributed by atoms with Crippen molar-refractivity contribution in [3.63, 3.8) is 0 Å². The summed E-state index contributed by atoms with van der Waals surface area (Å²) >= 11 is 0. The van der Waals surface area contributed by atoms with Crippen LogP contribution in [0.3, 0.4) is 0 Å². The zero-order valence-electron chi connectivity index (χ0n) is 7.80. The molecule has 0 radical (unpaired) electrons. The Hall–Kier alpha value is -1.96. The van der Waals surface area contributed by atoms with Gasteiger partial charge in [-0.15, -0.1) is 0 Å². The molecule has 0 saturated heterocycles. The molecule has 1 atom stereocenters. The van der Waals surface area contributed by atoms with Gasteiger partial charge in [-0.25, -0.2) is 4.79 Å². The molecule has 0 fully saturated rings. The molecule has 1 aromatic rings. The summed E-state index contributed by atoms with van der Waals surface area (Å²) in [6.45, 7) is 1.09. The van der Waals surface area contributed by atoms with E-state index < -0.39 is 24.5 Å². The summed E-state index contributed by atoms with van der Waals surface area (Å²) in [7, 11) is 0. The fraction of sp³-hybridized carbons (Fsp3) is 0.429. The van der Waals surface area contributed by atoms with Gasteiger partial charge in [0.25, 0.3) is 11.7 Å². The third-order valence-corrected chi connectivity index (χ3v) is 1.47. The van der Waals surface area contributed by atoms with Gasteiger partial charge in [0.2, 0.25) is 5.89 Å². The Bertz CT molecular complexity index is 374. The Balaban J connectivity index is 2.47. The van der Waals surface area contributed by atoms with Crippen molar-refractivity contribution < 1.29 is 24.3 Å². The molecule has 82 valence electrons. The molecular weight excluding hydrogens is 206 g/mol. The number of amides is 1. The van der Waals surface area contributed by atoms with Gasteiger partial charge in [-0.1, -0.05) is 5.16 Å². The van der Waals surface area contributed by atoms with E-state index in [0.717, 1.165) is 0 Å². The largest absolute Gasteiger partial charge is 0.479 e. The Morgan fingerprint density at radius 2 is 2.27 bits per heavy atom. The molecule has 8 nitrogen and oxygen atoms in total. The highest BCUT2D eigenvalue weighted by atomic mass is 16.5. The van der Waals surface area contributed by atoms with E-state index in [4.69, 9.17) is 10.2 Å². The molecule has 1 heterocycles. The minimum absolute atomic E-state index is 0.204. The zero-order chi connectivity index (χ0) is 11.4. The summed E-state index contributed by atoms with van der Waals surface area (Å²) in [6.07, 6.45) is -1.65. The van der Waals surface area contributed by atoms with Gasteiger partial charge in [0.1, 0.15) is 0 Å². The van der Waals surface area contributed by atoms with Crippen LogP contribution in [0.25, 0.3) is 0 Å². The van der Waals surface area contributed by atoms with Crippen LogP contribution in [0.2, 0.25) is 0 Å². The minimum Gasteiger partial charge on any atom is -0.479 e. The topological polar surface area (TPSA) is 126 Å². The first-order valence-electron chi connectivity index (χ1n) is 4.00. The molecule has 0 aliphatic carbocycles. The Labute approximate surface area is 83.9 Å². The first-order valence-corrected chi connectivity index (χ1v) is 4.00. The van der Waals surface area contributed by atoms with Crippen molar-refractivity contribution in [2.75, 3.05) is 6.54 Å². The highest BCUT2D eigenvalue weighted by Crippen LogP contribution is 1.94. The van der Waals surface area contributed by atoms with E-state index >= 15 is 0 Å². The van der Waals surface area contributed by atoms with E-state index in [0.29, 0.717) is 0 Å². The zero-order valence-corrected chi connectivity index (χ0v) is 7.80. The summed E-state index contributed by atoms with van der Waals surface area (Å²) in [5, 5.41) is 22.6. The van der Waals surface area contributed by atoms with Crippen LogP contribution >= 0.6 is 0 Å². The van der Waals surface area contributed by atoms with E-state index in [2.05, 4.69) is 20.0 Å². The highest BCUT2D eigenvalue weighted by molar-refractivity contribution is 5.90. The highest BCUT2D eigenvalue weighted by Gasteiger charge is 2.17. The molecular formula is C7H9N3O5. The van der Waals surface area contributed by atoms with Gasteiger partial charge in [-0.05, 0) is 0 Å². The summed E-state index contributed by atoms with van der Waals surface area (Å²) in [5.74, 6) is -2.10. The lowest BCUT2D eigenvalue weighted by Gasteiger charge is -2.04. The van der Waals surface area contributed by atoms with Crippen LogP contribution < -0.4 is 5.32 Å². The third-order valence-electron chi connectivity index (χ3n) is 1.47. The van der Waals surface area contributed by atoms with Crippen LogP contribution in [-0.2, 0) is 4.79 Å². The van der Waals surface area contributed by atoms with Gasteiger partial charge in [-0.2, -0.15) is 4.98 Å². The molecule has 3 N–H and O–H groups in total. The molecule has 1 amide bonds. The smallest absolute Gasteiger partial charge is 0.334 e. The molecule has 0 aromatic carbocycles. The molecule has 1 aromatic heterocycles. The summed E-state index contributed by atoms with van der Waals surface area (Å²) in [4.78, 5) is 25.0. The van der Waals surface area contributed by atoms with E-state index in [1.165, 1.54) is 6.92 Å². The molecule has 0 bridgehead atoms. The van der Waals surface area contributed by atoms with Gasteiger partial charge in [-0.3, -0.25) is 4.79 Å². The van der Waals surface area contributed by atoms with Crippen molar-refractivity contribution >= 4 is 11.9 Å². The number of carboxylic acids is 1. The number of hydrogen-bond donors (Lipinski definition) is 3. The average molecular weight is 215 g/mol. The van der Waals surface area contributed by atoms with Crippen molar-refractivity contribution in [1.29, 1.82) is 0 Å². The maximum atomic E-state index is 11.2. The van der Waals surface area contributed by atoms with Crippen LogP contribution in [0, 0.1) is 6.92 Å². The average Bonchev–Trinajstić information content (AvgIpc) is 2.60. The van der Waals surface area contributed by atoms with E-state index in [-0.39, 0.29) is 11.7 Å². The number of aryl methyl sites for hydroxylation is 1. The molecule has 15 heavy (non-hydrogen) atoms. The lowest BCUT2D eigenvalue weighted by molar-refractivity contribution is -0.146. The summed E-state index contributed by atoms with van der Waals surface area (Å²) < 4.78 is 4.54. The molecule has 0 aliphatic rings. The molecule has 0 spiro atoms. The monoisotopic (exact) mass is 215 g/mol. The van der Waals surface area contributed by atoms with E-state index in [1.807, 2.05) is 0 Å². The maximum Gasteiger partial charge on any atom is 0.334 e. The van der Waals surface area contributed by atoms with Crippen molar-refractivity contribution in [2.24, 2.45) is 0 Å². The van der Waals surface area contributed by atoms with Crippen LogP contribution in [0.5, 0.6) is 0 Å². The minimum atomic E-state index is -1.65. The molecule has 0 unspecified atom stereocenters. The molecule has 0 aliphatic heterocycles. The van der Waals surface area contributed by atoms with Crippen molar-refractivity contribution in [3.05, 3.63) is 11.7 Å². The van der Waals surface area contributed by atoms with Gasteiger partial charge >= 0.3 is 5.97 Å². The number of carbonyl (C=O) groups excluding carboxylic acids is 1. The van der Waals surface area contributed by atoms with Gasteiger partial charge in [0.05, 0.1) is 6.54 Å². The van der Waals surface area contributed by atoms with Crippen LogP contribution in [0.4, 0.5) is 0 Å². The number of aliphatic hydroxyl groups is 1. The van der Waals surface area contributed by atoms with Gasteiger partial charge in [0, 0.05) is 6.92 Å². The second kappa shape index (κ2) is 4.51. The normalized spacial score (nSPS) is 12.1. The fourth-order valence-corrected chi connectivity index (χ4v) is 0.747. The molecule has 1 rings (SSSR count). The van der Waals surface area contributed by atoms with Gasteiger partial charge < -0.3 is 20.1 Å². The maximum absolute atomic E-state index is 11.2. The number of hydrogen-bond acceptors (Lipinski definition) is 6. The quantitative estimate of drug-likeness (QED) is 0.561. The predicted octanol–water partition coefficient (Wildman–Crippen LogP) is -1.45. The van der Waals surface area contributed by atoms with Gasteiger partial charge in [0.15, 0.2) is 6.10 Å². The van der Waals surface area contributed by atoms with Crippen LogP contribution in [0.1, 0.15) is 16.5 Å². The summed E-state index contributed by atoms with van der Waals surface area (Å²) in [5.41, 5.74) is 0. The number of carbonyl (C=O) groups is 2. The number of aromatic nitrogens is 2. The summed E-state index contributed by atoms with van der Waals surface area (Å²) in [6, 6.07) is 0. The number of carboxylic acid groups (broad SMARTS) is 1. The fourth-order valence-electron chi connectivity index (χ4n) is 0.747. The number of nitrogens with zero attached hydrogens (tertiary/aromatic N) is 2. The third kappa shape index (κ3) is 3.02. The number of aliphatic hydroxyl groups excluding tert-OH is 1. The second-order valence-electron chi connectivity index (χ2n) is 2.70. The Kier molecular flexibility index (Phi) is 3.34. The standard InChI is InChI=1S/C7H9N3O5/c1-3-9-5(10-15-3)6(12)8-2-4(11)7(13)14/h4,11H,2H2,1H3,(H,8,12)(H,13,14)/t4-/m0/s1. The van der Waals surface area contributed by atoms with Crippen molar-refractivity contribution in [3.8, 4) is 0 Å². The lowest BCUT2D eigenvalue weighted by atomic mass is 10.3. The van der Waals surface area contributed by atoms with E-state index in [1.54, 1.807) is 0 Å². The van der Waals surface area contributed by atoms with Crippen LogP contribution in [-0.4, -0.2) is 44.9 Å².